The van der Waals surface area contributed by atoms with Gasteiger partial charge in [0, 0.05) is 0 Å². The van der Waals surface area contributed by atoms with E-state index < -0.39 is 0 Å². The number of rotatable bonds is 1. The van der Waals surface area contributed by atoms with Gasteiger partial charge in [-0.1, -0.05) is 37.3 Å². The summed E-state index contributed by atoms with van der Waals surface area (Å²) in [6.45, 7) is 2.21. The summed E-state index contributed by atoms with van der Waals surface area (Å²) in [5.74, 6) is 0. The highest BCUT2D eigenvalue weighted by Crippen LogP contribution is 2.23. The molecule has 1 aromatic carbocycles. The van der Waals surface area contributed by atoms with Crippen molar-refractivity contribution in [3.05, 3.63) is 41.0 Å². The summed E-state index contributed by atoms with van der Waals surface area (Å²) in [6, 6.07) is 6.59. The van der Waals surface area contributed by atoms with Crippen molar-refractivity contribution in [1.82, 2.24) is 0 Å². The van der Waals surface area contributed by atoms with Crippen LogP contribution in [-0.2, 0) is 12.8 Å². The van der Waals surface area contributed by atoms with Gasteiger partial charge >= 0.3 is 0 Å². The zero-order chi connectivity index (χ0) is 7.68. The van der Waals surface area contributed by atoms with Gasteiger partial charge in [0.2, 0.25) is 0 Å². The van der Waals surface area contributed by atoms with Crippen LogP contribution in [0.1, 0.15) is 23.6 Å². The molecule has 56 valence electrons. The molecule has 0 atom stereocenters. The first-order valence-electron chi connectivity index (χ1n) is 4.19. The Hall–Kier alpha value is -1.04. The fraction of sp³-hybridized carbons (Fsp3) is 0.273. The lowest BCUT2D eigenvalue weighted by Crippen LogP contribution is -1.88. The third-order valence-corrected chi connectivity index (χ3v) is 2.29. The Morgan fingerprint density at radius 2 is 2.27 bits per heavy atom. The Labute approximate surface area is 67.6 Å². The van der Waals surface area contributed by atoms with Crippen LogP contribution in [0.2, 0.25) is 0 Å². The lowest BCUT2D eigenvalue weighted by molar-refractivity contribution is 1.12. The zero-order valence-corrected chi connectivity index (χ0v) is 6.80. The van der Waals surface area contributed by atoms with Gasteiger partial charge in [-0.3, -0.25) is 0 Å². The van der Waals surface area contributed by atoms with Crippen molar-refractivity contribution >= 4 is 6.08 Å². The highest BCUT2D eigenvalue weighted by molar-refractivity contribution is 5.63. The van der Waals surface area contributed by atoms with E-state index in [0.29, 0.717) is 0 Å². The van der Waals surface area contributed by atoms with Gasteiger partial charge in [-0.05, 0) is 29.5 Å². The molecular formula is C11H12. The standard InChI is InChI=1S/C11H12/c1-2-9-5-3-6-10-7-4-8-11(9)10/h3-6,8H,2,7H2,1H3. The quantitative estimate of drug-likeness (QED) is 0.568. The van der Waals surface area contributed by atoms with Crippen molar-refractivity contribution in [1.29, 1.82) is 0 Å². The minimum Gasteiger partial charge on any atom is -0.0795 e. The van der Waals surface area contributed by atoms with Crippen LogP contribution in [0.15, 0.2) is 24.3 Å². The van der Waals surface area contributed by atoms with Gasteiger partial charge in [0.1, 0.15) is 0 Å². The molecular weight excluding hydrogens is 132 g/mol. The number of hydrogen-bond acceptors (Lipinski definition) is 0. The van der Waals surface area contributed by atoms with Crippen LogP contribution >= 0.6 is 0 Å². The van der Waals surface area contributed by atoms with Gasteiger partial charge in [0.15, 0.2) is 0 Å². The maximum absolute atomic E-state index is 2.24. The summed E-state index contributed by atoms with van der Waals surface area (Å²) < 4.78 is 0. The molecule has 0 aromatic heterocycles. The van der Waals surface area contributed by atoms with Crippen LogP contribution < -0.4 is 0 Å². The van der Waals surface area contributed by atoms with Crippen LogP contribution in [0.3, 0.4) is 0 Å². The Morgan fingerprint density at radius 1 is 1.36 bits per heavy atom. The summed E-state index contributed by atoms with van der Waals surface area (Å²) in [4.78, 5) is 0. The lowest BCUT2D eigenvalue weighted by atomic mass is 10.0. The zero-order valence-electron chi connectivity index (χ0n) is 6.80. The third-order valence-electron chi connectivity index (χ3n) is 2.29. The van der Waals surface area contributed by atoms with Crippen LogP contribution in [0, 0.1) is 0 Å². The maximum atomic E-state index is 2.24. The molecule has 0 nitrogen and oxygen atoms in total. The fourth-order valence-corrected chi connectivity index (χ4v) is 1.67. The fourth-order valence-electron chi connectivity index (χ4n) is 1.67. The van der Waals surface area contributed by atoms with Crippen molar-refractivity contribution < 1.29 is 0 Å². The van der Waals surface area contributed by atoms with Gasteiger partial charge in [-0.25, -0.2) is 0 Å². The summed E-state index contributed by atoms with van der Waals surface area (Å²) in [6.07, 6.45) is 6.76. The number of fused-ring (bicyclic) bond motifs is 1. The predicted octanol–water partition coefficient (Wildman–Crippen LogP) is 2.82. The van der Waals surface area contributed by atoms with E-state index in [2.05, 4.69) is 37.3 Å². The molecule has 0 radical (unpaired) electrons. The molecule has 0 heteroatoms. The molecule has 11 heavy (non-hydrogen) atoms. The van der Waals surface area contributed by atoms with Crippen molar-refractivity contribution in [3.63, 3.8) is 0 Å². The lowest BCUT2D eigenvalue weighted by Gasteiger charge is -2.03. The number of allylic oxidation sites excluding steroid dienone is 1. The third kappa shape index (κ3) is 0.988. The van der Waals surface area contributed by atoms with Gasteiger partial charge in [0.05, 0.1) is 0 Å². The number of hydrogen-bond donors (Lipinski definition) is 0. The van der Waals surface area contributed by atoms with E-state index in [1.54, 1.807) is 0 Å². The first-order valence-corrected chi connectivity index (χ1v) is 4.19. The van der Waals surface area contributed by atoms with Gasteiger partial charge in [0.25, 0.3) is 0 Å². The van der Waals surface area contributed by atoms with Crippen LogP contribution in [0.4, 0.5) is 0 Å². The van der Waals surface area contributed by atoms with E-state index in [4.69, 9.17) is 0 Å². The Balaban J connectivity index is 2.57. The summed E-state index contributed by atoms with van der Waals surface area (Å²) in [5.41, 5.74) is 4.44. The van der Waals surface area contributed by atoms with E-state index in [1.165, 1.54) is 16.7 Å². The van der Waals surface area contributed by atoms with Gasteiger partial charge in [-0.2, -0.15) is 0 Å². The molecule has 1 aliphatic carbocycles. The molecule has 0 spiro atoms. The van der Waals surface area contributed by atoms with Crippen molar-refractivity contribution in [2.45, 2.75) is 19.8 Å². The van der Waals surface area contributed by atoms with E-state index >= 15 is 0 Å². The molecule has 0 saturated heterocycles. The van der Waals surface area contributed by atoms with Crippen LogP contribution in [0.5, 0.6) is 0 Å². The first kappa shape index (κ1) is 6.66. The second kappa shape index (κ2) is 2.54. The van der Waals surface area contributed by atoms with Gasteiger partial charge in [-0.15, -0.1) is 0 Å². The van der Waals surface area contributed by atoms with E-state index in [1.807, 2.05) is 0 Å². The summed E-state index contributed by atoms with van der Waals surface area (Å²) >= 11 is 0. The Kier molecular flexibility index (Phi) is 1.54. The van der Waals surface area contributed by atoms with E-state index in [9.17, 15) is 0 Å². The van der Waals surface area contributed by atoms with E-state index in [0.717, 1.165) is 12.8 Å². The van der Waals surface area contributed by atoms with Crippen LogP contribution in [-0.4, -0.2) is 0 Å². The SMILES string of the molecule is CCc1cccc2c1C=CC2. The first-order chi connectivity index (χ1) is 5.42. The molecule has 0 fully saturated rings. The number of aryl methyl sites for hydroxylation is 1. The monoisotopic (exact) mass is 144 g/mol. The summed E-state index contributed by atoms with van der Waals surface area (Å²) in [7, 11) is 0. The molecule has 2 rings (SSSR count). The molecule has 0 bridgehead atoms. The molecule has 0 heterocycles. The Morgan fingerprint density at radius 3 is 3.09 bits per heavy atom. The van der Waals surface area contributed by atoms with Crippen molar-refractivity contribution in [2.75, 3.05) is 0 Å². The minimum atomic E-state index is 1.13. The highest BCUT2D eigenvalue weighted by atomic mass is 14.1. The average molecular weight is 144 g/mol. The molecule has 0 N–H and O–H groups in total. The molecule has 0 aliphatic heterocycles. The van der Waals surface area contributed by atoms with Gasteiger partial charge < -0.3 is 0 Å². The predicted molar refractivity (Wildman–Crippen MR) is 48.6 cm³/mol. The molecule has 0 amide bonds. The normalized spacial score (nSPS) is 13.5. The van der Waals surface area contributed by atoms with Crippen LogP contribution in [0.25, 0.3) is 6.08 Å². The van der Waals surface area contributed by atoms with Crippen molar-refractivity contribution in [3.8, 4) is 0 Å². The average Bonchev–Trinajstić information content (AvgIpc) is 2.50. The molecule has 0 saturated carbocycles. The molecule has 1 aliphatic rings. The van der Waals surface area contributed by atoms with Crippen molar-refractivity contribution in [2.24, 2.45) is 0 Å². The maximum Gasteiger partial charge on any atom is -0.00881 e. The summed E-state index contributed by atoms with van der Waals surface area (Å²) in [5, 5.41) is 0. The largest absolute Gasteiger partial charge is 0.0795 e. The second-order valence-corrected chi connectivity index (χ2v) is 2.95. The topological polar surface area (TPSA) is 0 Å². The second-order valence-electron chi connectivity index (χ2n) is 2.95. The smallest absolute Gasteiger partial charge is 0.00881 e. The van der Waals surface area contributed by atoms with E-state index in [-0.39, 0.29) is 0 Å². The molecule has 0 unspecified atom stereocenters. The minimum absolute atomic E-state index is 1.13. The Bertz CT molecular complexity index is 295. The number of benzene rings is 1. The molecule has 1 aromatic rings. The highest BCUT2D eigenvalue weighted by Gasteiger charge is 2.06.